The summed E-state index contributed by atoms with van der Waals surface area (Å²) in [6.07, 6.45) is 0. The fourth-order valence-electron chi connectivity index (χ4n) is 2.48. The molecule has 132 valence electrons. The molecular formula is C19H21ClN2O2S. The first-order chi connectivity index (χ1) is 11.9. The number of aryl methyl sites for hydroxylation is 1. The van der Waals surface area contributed by atoms with Gasteiger partial charge in [0.2, 0.25) is 0 Å². The van der Waals surface area contributed by atoms with Crippen LogP contribution in [-0.4, -0.2) is 17.7 Å². The third-order valence-electron chi connectivity index (χ3n) is 3.72. The summed E-state index contributed by atoms with van der Waals surface area (Å²) in [6, 6.07) is 13.2. The van der Waals surface area contributed by atoms with E-state index in [1.165, 1.54) is 11.1 Å². The van der Waals surface area contributed by atoms with E-state index in [4.69, 9.17) is 28.6 Å². The van der Waals surface area contributed by atoms with E-state index in [1.807, 2.05) is 19.1 Å². The molecule has 0 saturated heterocycles. The van der Waals surface area contributed by atoms with Crippen LogP contribution in [0.4, 0.5) is 5.69 Å². The lowest BCUT2D eigenvalue weighted by atomic mass is 10.0. The molecule has 0 aliphatic heterocycles. The minimum atomic E-state index is -0.437. The van der Waals surface area contributed by atoms with Gasteiger partial charge >= 0.3 is 5.97 Å². The number of carbonyl (C=O) groups excluding carboxylic acids is 1. The van der Waals surface area contributed by atoms with Crippen LogP contribution >= 0.6 is 23.8 Å². The Morgan fingerprint density at radius 2 is 2.00 bits per heavy atom. The Kier molecular flexibility index (Phi) is 6.79. The summed E-state index contributed by atoms with van der Waals surface area (Å²) in [7, 11) is 0. The fourth-order valence-corrected chi connectivity index (χ4v) is 3.03. The van der Waals surface area contributed by atoms with Crippen LogP contribution in [-0.2, 0) is 4.74 Å². The Labute approximate surface area is 158 Å². The molecule has 1 atom stereocenters. The van der Waals surface area contributed by atoms with E-state index < -0.39 is 5.97 Å². The molecule has 0 unspecified atom stereocenters. The molecule has 0 spiro atoms. The first-order valence-corrected chi connectivity index (χ1v) is 8.80. The van der Waals surface area contributed by atoms with Gasteiger partial charge in [-0.05, 0) is 62.3 Å². The number of rotatable bonds is 5. The number of carbonyl (C=O) groups is 1. The number of halogens is 1. The van der Waals surface area contributed by atoms with Gasteiger partial charge in [-0.15, -0.1) is 0 Å². The summed E-state index contributed by atoms with van der Waals surface area (Å²) < 4.78 is 4.96. The van der Waals surface area contributed by atoms with Gasteiger partial charge in [0, 0.05) is 5.69 Å². The highest BCUT2D eigenvalue weighted by Gasteiger charge is 2.13. The van der Waals surface area contributed by atoms with Gasteiger partial charge < -0.3 is 15.4 Å². The normalized spacial score (nSPS) is 11.5. The summed E-state index contributed by atoms with van der Waals surface area (Å²) in [6.45, 7) is 6.17. The number of esters is 1. The van der Waals surface area contributed by atoms with Gasteiger partial charge in [-0.1, -0.05) is 35.9 Å². The monoisotopic (exact) mass is 376 g/mol. The topological polar surface area (TPSA) is 50.4 Å². The largest absolute Gasteiger partial charge is 0.462 e. The SMILES string of the molecule is CCOC(=O)c1ccc(NC(=S)N[C@@H](C)c2ccccc2C)cc1Cl. The zero-order valence-electron chi connectivity index (χ0n) is 14.4. The van der Waals surface area contributed by atoms with Crippen LogP contribution < -0.4 is 10.6 Å². The average molecular weight is 377 g/mol. The highest BCUT2D eigenvalue weighted by Crippen LogP contribution is 2.22. The Bertz CT molecular complexity index is 780. The molecule has 4 nitrogen and oxygen atoms in total. The van der Waals surface area contributed by atoms with Crippen LogP contribution in [0.3, 0.4) is 0 Å². The van der Waals surface area contributed by atoms with Crippen molar-refractivity contribution in [3.8, 4) is 0 Å². The molecule has 0 amide bonds. The van der Waals surface area contributed by atoms with Crippen LogP contribution in [0.25, 0.3) is 0 Å². The summed E-state index contributed by atoms with van der Waals surface area (Å²) in [5.74, 6) is -0.437. The fraction of sp³-hybridized carbons (Fsp3) is 0.263. The number of thiocarbonyl (C=S) groups is 1. The first-order valence-electron chi connectivity index (χ1n) is 8.02. The lowest BCUT2D eigenvalue weighted by Gasteiger charge is -2.19. The van der Waals surface area contributed by atoms with Gasteiger partial charge in [-0.25, -0.2) is 4.79 Å². The van der Waals surface area contributed by atoms with E-state index in [0.29, 0.717) is 28.0 Å². The quantitative estimate of drug-likeness (QED) is 0.575. The predicted molar refractivity (Wildman–Crippen MR) is 106 cm³/mol. The molecule has 0 saturated carbocycles. The zero-order chi connectivity index (χ0) is 18.4. The Balaban J connectivity index is 2.02. The predicted octanol–water partition coefficient (Wildman–Crippen LogP) is 4.87. The molecule has 0 heterocycles. The van der Waals surface area contributed by atoms with Gasteiger partial charge in [-0.2, -0.15) is 0 Å². The van der Waals surface area contributed by atoms with Crippen molar-refractivity contribution in [2.75, 3.05) is 11.9 Å². The van der Waals surface area contributed by atoms with Crippen LogP contribution in [0, 0.1) is 6.92 Å². The number of benzene rings is 2. The van der Waals surface area contributed by atoms with Crippen LogP contribution in [0.15, 0.2) is 42.5 Å². The lowest BCUT2D eigenvalue weighted by Crippen LogP contribution is -2.31. The summed E-state index contributed by atoms with van der Waals surface area (Å²) in [5.41, 5.74) is 3.42. The van der Waals surface area contributed by atoms with Gasteiger partial charge in [0.15, 0.2) is 5.11 Å². The highest BCUT2D eigenvalue weighted by molar-refractivity contribution is 7.80. The van der Waals surface area contributed by atoms with Gasteiger partial charge in [0.1, 0.15) is 0 Å². The molecule has 2 aromatic rings. The van der Waals surface area contributed by atoms with Crippen LogP contribution in [0.2, 0.25) is 5.02 Å². The van der Waals surface area contributed by atoms with Crippen LogP contribution in [0.5, 0.6) is 0 Å². The lowest BCUT2D eigenvalue weighted by molar-refractivity contribution is 0.0526. The van der Waals surface area contributed by atoms with Gasteiger partial charge in [-0.3, -0.25) is 0 Å². The van der Waals surface area contributed by atoms with Gasteiger partial charge in [0.05, 0.1) is 23.2 Å². The summed E-state index contributed by atoms with van der Waals surface area (Å²) >= 11 is 11.5. The molecule has 2 rings (SSSR count). The molecule has 0 radical (unpaired) electrons. The molecule has 0 aliphatic rings. The number of anilines is 1. The second-order valence-corrected chi connectivity index (χ2v) is 6.41. The zero-order valence-corrected chi connectivity index (χ0v) is 16.0. The summed E-state index contributed by atoms with van der Waals surface area (Å²) in [5, 5.41) is 7.13. The van der Waals surface area contributed by atoms with Crippen molar-refractivity contribution in [1.29, 1.82) is 0 Å². The Morgan fingerprint density at radius 1 is 1.28 bits per heavy atom. The van der Waals surface area contributed by atoms with Crippen molar-refractivity contribution in [1.82, 2.24) is 5.32 Å². The van der Waals surface area contributed by atoms with E-state index in [1.54, 1.807) is 25.1 Å². The Morgan fingerprint density at radius 3 is 2.64 bits per heavy atom. The van der Waals surface area contributed by atoms with Crippen molar-refractivity contribution in [2.45, 2.75) is 26.8 Å². The maximum absolute atomic E-state index is 11.8. The van der Waals surface area contributed by atoms with Crippen molar-refractivity contribution in [3.63, 3.8) is 0 Å². The molecule has 0 fully saturated rings. The van der Waals surface area contributed by atoms with E-state index in [-0.39, 0.29) is 6.04 Å². The second kappa shape index (κ2) is 8.83. The van der Waals surface area contributed by atoms with Crippen molar-refractivity contribution in [3.05, 3.63) is 64.2 Å². The minimum absolute atomic E-state index is 0.0653. The number of hydrogen-bond donors (Lipinski definition) is 2. The summed E-state index contributed by atoms with van der Waals surface area (Å²) in [4.78, 5) is 11.8. The molecule has 2 aromatic carbocycles. The molecule has 0 aliphatic carbocycles. The molecule has 6 heteroatoms. The second-order valence-electron chi connectivity index (χ2n) is 5.59. The van der Waals surface area contributed by atoms with E-state index >= 15 is 0 Å². The van der Waals surface area contributed by atoms with Crippen molar-refractivity contribution < 1.29 is 9.53 Å². The van der Waals surface area contributed by atoms with E-state index in [0.717, 1.165) is 0 Å². The first kappa shape index (κ1) is 19.2. The smallest absolute Gasteiger partial charge is 0.339 e. The average Bonchev–Trinajstić information content (AvgIpc) is 2.55. The van der Waals surface area contributed by atoms with Crippen molar-refractivity contribution >= 4 is 40.6 Å². The van der Waals surface area contributed by atoms with E-state index in [2.05, 4.69) is 29.7 Å². The van der Waals surface area contributed by atoms with Gasteiger partial charge in [0.25, 0.3) is 0 Å². The Hall–Kier alpha value is -2.11. The van der Waals surface area contributed by atoms with E-state index in [9.17, 15) is 4.79 Å². The molecular weight excluding hydrogens is 356 g/mol. The van der Waals surface area contributed by atoms with Crippen molar-refractivity contribution in [2.24, 2.45) is 0 Å². The number of ether oxygens (including phenoxy) is 1. The number of hydrogen-bond acceptors (Lipinski definition) is 3. The molecule has 0 bridgehead atoms. The third kappa shape index (κ3) is 5.18. The van der Waals surface area contributed by atoms with Crippen LogP contribution in [0.1, 0.15) is 41.4 Å². The molecule has 0 aromatic heterocycles. The maximum atomic E-state index is 11.8. The third-order valence-corrected chi connectivity index (χ3v) is 4.26. The molecule has 25 heavy (non-hydrogen) atoms. The minimum Gasteiger partial charge on any atom is -0.462 e. The number of nitrogens with one attached hydrogen (secondary N) is 2. The maximum Gasteiger partial charge on any atom is 0.339 e. The molecule has 2 N–H and O–H groups in total. The standard InChI is InChI=1S/C19H21ClN2O2S/c1-4-24-18(23)16-10-9-14(11-17(16)20)22-19(25)21-13(3)15-8-6-5-7-12(15)2/h5-11,13H,4H2,1-3H3,(H2,21,22,25)/t13-/m0/s1. The highest BCUT2D eigenvalue weighted by atomic mass is 35.5.